The van der Waals surface area contributed by atoms with Crippen LogP contribution < -0.4 is 0 Å². The monoisotopic (exact) mass is 174 g/mol. The minimum Gasteiger partial charge on any atom is -0.176 e. The first-order chi connectivity index (χ1) is 5.04. The Morgan fingerprint density at radius 1 is 1.00 bits per heavy atom. The van der Waals surface area contributed by atoms with Gasteiger partial charge in [-0.25, -0.2) is 0 Å². The molecular formula is C10H22S. The summed E-state index contributed by atoms with van der Waals surface area (Å²) in [5, 5.41) is 0.558. The van der Waals surface area contributed by atoms with Gasteiger partial charge in [0.15, 0.2) is 0 Å². The number of hydrogen-bond donors (Lipinski definition) is 1. The summed E-state index contributed by atoms with van der Waals surface area (Å²) in [4.78, 5) is 0. The van der Waals surface area contributed by atoms with Gasteiger partial charge in [0.05, 0.1) is 0 Å². The molecule has 0 aromatic heterocycles. The van der Waals surface area contributed by atoms with Crippen LogP contribution in [-0.2, 0) is 0 Å². The predicted molar refractivity (Wildman–Crippen MR) is 56.3 cm³/mol. The molecule has 0 aliphatic carbocycles. The van der Waals surface area contributed by atoms with E-state index in [4.69, 9.17) is 0 Å². The number of hydrogen-bond acceptors (Lipinski definition) is 1. The molecule has 0 bridgehead atoms. The van der Waals surface area contributed by atoms with Crippen LogP contribution in [0.3, 0.4) is 0 Å². The van der Waals surface area contributed by atoms with Crippen molar-refractivity contribution in [3.05, 3.63) is 0 Å². The first-order valence-corrected chi connectivity index (χ1v) is 5.23. The second-order valence-corrected chi connectivity index (χ2v) is 4.86. The van der Waals surface area contributed by atoms with E-state index in [2.05, 4.69) is 40.3 Å². The molecule has 0 saturated carbocycles. The summed E-state index contributed by atoms with van der Waals surface area (Å²) in [5.74, 6) is 1.63. The van der Waals surface area contributed by atoms with Gasteiger partial charge in [-0.05, 0) is 18.3 Å². The van der Waals surface area contributed by atoms with Crippen LogP contribution >= 0.6 is 12.6 Å². The second kappa shape index (κ2) is 5.93. The van der Waals surface area contributed by atoms with Crippen molar-refractivity contribution in [1.82, 2.24) is 0 Å². The van der Waals surface area contributed by atoms with Gasteiger partial charge < -0.3 is 0 Å². The van der Waals surface area contributed by atoms with Crippen molar-refractivity contribution in [2.45, 2.75) is 52.2 Å². The van der Waals surface area contributed by atoms with Gasteiger partial charge in [-0.1, -0.05) is 40.5 Å². The maximum Gasteiger partial charge on any atom is 0.00141 e. The van der Waals surface area contributed by atoms with Crippen molar-refractivity contribution in [2.24, 2.45) is 11.8 Å². The van der Waals surface area contributed by atoms with E-state index in [1.54, 1.807) is 0 Å². The van der Waals surface area contributed by atoms with Crippen molar-refractivity contribution in [3.8, 4) is 0 Å². The summed E-state index contributed by atoms with van der Waals surface area (Å²) in [5.41, 5.74) is 0. The van der Waals surface area contributed by atoms with Gasteiger partial charge in [0, 0.05) is 5.25 Å². The molecule has 0 aromatic carbocycles. The van der Waals surface area contributed by atoms with E-state index in [0.717, 1.165) is 11.8 Å². The Labute approximate surface area is 77.2 Å². The standard InChI is InChI=1S/C10H22S/c1-8(2)6-5-7-9(3)10(4)11/h8-11H,5-7H2,1-4H3. The largest absolute Gasteiger partial charge is 0.176 e. The van der Waals surface area contributed by atoms with Gasteiger partial charge in [0.2, 0.25) is 0 Å². The van der Waals surface area contributed by atoms with E-state index in [1.807, 2.05) is 0 Å². The molecule has 0 spiro atoms. The summed E-state index contributed by atoms with van der Waals surface area (Å²) in [6.07, 6.45) is 4.07. The van der Waals surface area contributed by atoms with Gasteiger partial charge in [0.1, 0.15) is 0 Å². The molecule has 1 heteroatoms. The fraction of sp³-hybridized carbons (Fsp3) is 1.00. The quantitative estimate of drug-likeness (QED) is 0.603. The molecular weight excluding hydrogens is 152 g/mol. The highest BCUT2D eigenvalue weighted by molar-refractivity contribution is 7.80. The van der Waals surface area contributed by atoms with E-state index in [0.29, 0.717) is 5.25 Å². The predicted octanol–water partition coefficient (Wildman–Crippen LogP) is 3.77. The lowest BCUT2D eigenvalue weighted by Crippen LogP contribution is -2.07. The maximum atomic E-state index is 4.42. The molecule has 0 saturated heterocycles. The summed E-state index contributed by atoms with van der Waals surface area (Å²) < 4.78 is 0. The Morgan fingerprint density at radius 3 is 1.91 bits per heavy atom. The normalized spacial score (nSPS) is 16.9. The van der Waals surface area contributed by atoms with Crippen LogP contribution in [0.5, 0.6) is 0 Å². The Morgan fingerprint density at radius 2 is 1.55 bits per heavy atom. The molecule has 0 aliphatic heterocycles. The third kappa shape index (κ3) is 6.74. The van der Waals surface area contributed by atoms with Gasteiger partial charge in [-0.15, -0.1) is 0 Å². The fourth-order valence-corrected chi connectivity index (χ4v) is 1.24. The van der Waals surface area contributed by atoms with Crippen molar-refractivity contribution in [1.29, 1.82) is 0 Å². The summed E-state index contributed by atoms with van der Waals surface area (Å²) in [7, 11) is 0. The van der Waals surface area contributed by atoms with Crippen LogP contribution in [0, 0.1) is 11.8 Å². The highest BCUT2D eigenvalue weighted by Gasteiger charge is 2.07. The Hall–Kier alpha value is 0.350. The average molecular weight is 174 g/mol. The molecule has 2 unspecified atom stereocenters. The van der Waals surface area contributed by atoms with Crippen molar-refractivity contribution in [2.75, 3.05) is 0 Å². The molecule has 0 heterocycles. The lowest BCUT2D eigenvalue weighted by Gasteiger charge is -2.14. The second-order valence-electron chi connectivity index (χ2n) is 4.04. The minimum absolute atomic E-state index is 0.558. The average Bonchev–Trinajstić information content (AvgIpc) is 1.86. The van der Waals surface area contributed by atoms with E-state index in [-0.39, 0.29) is 0 Å². The summed E-state index contributed by atoms with van der Waals surface area (Å²) in [6.45, 7) is 9.05. The van der Waals surface area contributed by atoms with E-state index < -0.39 is 0 Å². The van der Waals surface area contributed by atoms with Crippen LogP contribution in [0.15, 0.2) is 0 Å². The molecule has 0 fully saturated rings. The Kier molecular flexibility index (Phi) is 6.12. The smallest absolute Gasteiger partial charge is 0.00141 e. The van der Waals surface area contributed by atoms with Crippen LogP contribution in [0.2, 0.25) is 0 Å². The highest BCUT2D eigenvalue weighted by atomic mass is 32.1. The first-order valence-electron chi connectivity index (χ1n) is 4.72. The first kappa shape index (κ1) is 11.4. The van der Waals surface area contributed by atoms with E-state index >= 15 is 0 Å². The van der Waals surface area contributed by atoms with Crippen molar-refractivity contribution >= 4 is 12.6 Å². The molecule has 2 atom stereocenters. The molecule has 0 amide bonds. The lowest BCUT2D eigenvalue weighted by molar-refractivity contribution is 0.456. The fourth-order valence-electron chi connectivity index (χ4n) is 1.09. The van der Waals surface area contributed by atoms with Gasteiger partial charge in [-0.2, -0.15) is 12.6 Å². The molecule has 0 N–H and O–H groups in total. The van der Waals surface area contributed by atoms with Crippen LogP contribution in [0.25, 0.3) is 0 Å². The third-order valence-electron chi connectivity index (χ3n) is 2.26. The van der Waals surface area contributed by atoms with Gasteiger partial charge in [-0.3, -0.25) is 0 Å². The Balaban J connectivity index is 3.24. The molecule has 11 heavy (non-hydrogen) atoms. The van der Waals surface area contributed by atoms with Crippen molar-refractivity contribution < 1.29 is 0 Å². The zero-order chi connectivity index (χ0) is 8.85. The van der Waals surface area contributed by atoms with Gasteiger partial charge in [0.25, 0.3) is 0 Å². The van der Waals surface area contributed by atoms with Crippen LogP contribution in [-0.4, -0.2) is 5.25 Å². The van der Waals surface area contributed by atoms with Crippen molar-refractivity contribution in [3.63, 3.8) is 0 Å². The molecule has 0 nitrogen and oxygen atoms in total. The molecule has 0 radical (unpaired) electrons. The number of rotatable bonds is 5. The summed E-state index contributed by atoms with van der Waals surface area (Å²) >= 11 is 4.42. The highest BCUT2D eigenvalue weighted by Crippen LogP contribution is 2.17. The Bertz CT molecular complexity index is 86.9. The SMILES string of the molecule is CC(C)CCCC(C)C(C)S. The number of thiol groups is 1. The molecule has 0 aromatic rings. The topological polar surface area (TPSA) is 0 Å². The minimum atomic E-state index is 0.558. The van der Waals surface area contributed by atoms with Crippen LogP contribution in [0.4, 0.5) is 0 Å². The zero-order valence-corrected chi connectivity index (χ0v) is 9.20. The zero-order valence-electron chi connectivity index (χ0n) is 8.30. The molecule has 0 rings (SSSR count). The van der Waals surface area contributed by atoms with Crippen LogP contribution in [0.1, 0.15) is 47.0 Å². The lowest BCUT2D eigenvalue weighted by atomic mass is 9.98. The third-order valence-corrected chi connectivity index (χ3v) is 2.77. The molecule has 68 valence electrons. The van der Waals surface area contributed by atoms with E-state index in [9.17, 15) is 0 Å². The maximum absolute atomic E-state index is 4.42. The summed E-state index contributed by atoms with van der Waals surface area (Å²) in [6, 6.07) is 0. The van der Waals surface area contributed by atoms with Gasteiger partial charge >= 0.3 is 0 Å². The molecule has 0 aliphatic rings. The van der Waals surface area contributed by atoms with E-state index in [1.165, 1.54) is 19.3 Å².